The van der Waals surface area contributed by atoms with Gasteiger partial charge in [-0.25, -0.2) is 9.29 Å². The van der Waals surface area contributed by atoms with Crippen LogP contribution in [0.5, 0.6) is 0 Å². The van der Waals surface area contributed by atoms with Crippen molar-refractivity contribution in [2.75, 3.05) is 13.6 Å². The van der Waals surface area contributed by atoms with Gasteiger partial charge in [-0.15, -0.1) is 0 Å². The van der Waals surface area contributed by atoms with Crippen molar-refractivity contribution in [1.29, 1.82) is 0 Å². The molecule has 2 aromatic carbocycles. The first kappa shape index (κ1) is 28.7. The molecular weight excluding hydrogens is 542 g/mol. The molecule has 0 radical (unpaired) electrons. The van der Waals surface area contributed by atoms with Crippen LogP contribution in [0, 0.1) is 6.92 Å². The van der Waals surface area contributed by atoms with E-state index < -0.39 is 23.2 Å². The first-order chi connectivity index (χ1) is 19.8. The van der Waals surface area contributed by atoms with Gasteiger partial charge in [-0.3, -0.25) is 13.8 Å². The van der Waals surface area contributed by atoms with E-state index in [-0.39, 0.29) is 30.6 Å². The van der Waals surface area contributed by atoms with Crippen LogP contribution < -0.4 is 5.32 Å². The van der Waals surface area contributed by atoms with E-state index in [2.05, 4.69) is 5.32 Å². The first-order valence-electron chi connectivity index (χ1n) is 13.6. The van der Waals surface area contributed by atoms with Crippen molar-refractivity contribution in [3.05, 3.63) is 88.6 Å². The fraction of sp³-hybridized carbons (Fsp3) is 0.323. The Kier molecular flexibility index (Phi) is 8.63. The highest BCUT2D eigenvalue weighted by Crippen LogP contribution is 2.44. The lowest BCUT2D eigenvalue weighted by atomic mass is 9.94. The molecule has 0 bridgehead atoms. The number of nitrogens with zero attached hydrogens (tertiary/aromatic N) is 2. The molecule has 2 unspecified atom stereocenters. The number of aromatic nitrogens is 1. The van der Waals surface area contributed by atoms with Crippen molar-refractivity contribution in [3.8, 4) is 11.3 Å². The summed E-state index contributed by atoms with van der Waals surface area (Å²) in [5.74, 6) is -1.31. The summed E-state index contributed by atoms with van der Waals surface area (Å²) in [6, 6.07) is 18.5. The number of carboxylic acid groups (broad SMARTS) is 1. The van der Waals surface area contributed by atoms with Crippen LogP contribution in [-0.4, -0.2) is 48.6 Å². The van der Waals surface area contributed by atoms with Gasteiger partial charge in [0.1, 0.15) is 5.76 Å². The van der Waals surface area contributed by atoms with Gasteiger partial charge in [0.25, 0.3) is 5.91 Å². The molecule has 1 aliphatic rings. The summed E-state index contributed by atoms with van der Waals surface area (Å²) in [6.07, 6.45) is 2.56. The second-order valence-electron chi connectivity index (χ2n) is 10.4. The molecule has 1 fully saturated rings. The number of fused-ring (bicyclic) bond motifs is 1. The first-order valence-corrected chi connectivity index (χ1v) is 14.7. The van der Waals surface area contributed by atoms with Gasteiger partial charge in [0.05, 0.1) is 29.1 Å². The number of carbonyl (C=O) groups excluding carboxylic acids is 1. The number of aryl methyl sites for hydroxylation is 1. The molecule has 0 saturated heterocycles. The zero-order chi connectivity index (χ0) is 29.1. The number of hydrogen-bond acceptors (Lipinski definition) is 6. The van der Waals surface area contributed by atoms with E-state index >= 15 is 0 Å². The standard InChI is InChI=1S/C31H33N3O6S/c1-19-10-12-22(13-11-19)28-27(29(35)32-2)25-17-24(21-14-15-21)26(33-30(25)40-28)18-34(41(38)39)16-6-9-23(31(36)37)20-7-4-3-5-8-20/h3-5,7-8,10-13,17,21,23H,6,9,14-16,18H2,1-2H3,(H,32,35)(H,36,37)(H,38,39)/p-1. The molecule has 10 heteroatoms. The van der Waals surface area contributed by atoms with E-state index in [0.717, 1.165) is 29.5 Å². The highest BCUT2D eigenvalue weighted by atomic mass is 32.2. The molecule has 1 amide bonds. The third-order valence-corrected chi connectivity index (χ3v) is 8.25. The number of aliphatic carboxylic acids is 1. The van der Waals surface area contributed by atoms with Gasteiger partial charge in [0.2, 0.25) is 5.71 Å². The maximum absolute atomic E-state index is 13.0. The minimum Gasteiger partial charge on any atom is -0.760 e. The smallest absolute Gasteiger partial charge is 0.310 e. The Morgan fingerprint density at radius 1 is 1.17 bits per heavy atom. The minimum atomic E-state index is -2.55. The van der Waals surface area contributed by atoms with Gasteiger partial charge in [-0.1, -0.05) is 60.2 Å². The number of rotatable bonds is 12. The summed E-state index contributed by atoms with van der Waals surface area (Å²) in [7, 11) is 1.57. The van der Waals surface area contributed by atoms with Crippen molar-refractivity contribution in [2.24, 2.45) is 0 Å². The number of carboxylic acids is 1. The summed E-state index contributed by atoms with van der Waals surface area (Å²) in [5, 5.41) is 13.0. The normalized spacial score (nSPS) is 14.7. The lowest BCUT2D eigenvalue weighted by Crippen LogP contribution is -2.28. The zero-order valence-corrected chi connectivity index (χ0v) is 23.8. The molecule has 9 nitrogen and oxygen atoms in total. The summed E-state index contributed by atoms with van der Waals surface area (Å²) in [5.41, 5.74) is 4.66. The number of nitrogens with one attached hydrogen (secondary N) is 1. The number of benzene rings is 2. The van der Waals surface area contributed by atoms with Gasteiger partial charge in [-0.05, 0) is 55.7 Å². The zero-order valence-electron chi connectivity index (χ0n) is 23.0. The van der Waals surface area contributed by atoms with E-state index in [1.54, 1.807) is 31.3 Å². The van der Waals surface area contributed by atoms with Crippen LogP contribution in [0.3, 0.4) is 0 Å². The number of amides is 1. The summed E-state index contributed by atoms with van der Waals surface area (Å²) in [4.78, 5) is 29.6. The Labute approximate surface area is 241 Å². The molecule has 1 saturated carbocycles. The van der Waals surface area contributed by atoms with E-state index in [9.17, 15) is 23.5 Å². The maximum atomic E-state index is 13.0. The lowest BCUT2D eigenvalue weighted by molar-refractivity contribution is -0.139. The van der Waals surface area contributed by atoms with Crippen molar-refractivity contribution < 1.29 is 27.9 Å². The van der Waals surface area contributed by atoms with Gasteiger partial charge in [-0.2, -0.15) is 0 Å². The van der Waals surface area contributed by atoms with Crippen molar-refractivity contribution in [3.63, 3.8) is 0 Å². The Balaban J connectivity index is 1.44. The van der Waals surface area contributed by atoms with Crippen LogP contribution in [0.15, 0.2) is 65.1 Å². The van der Waals surface area contributed by atoms with E-state index in [1.165, 1.54) is 4.31 Å². The van der Waals surface area contributed by atoms with E-state index in [0.29, 0.717) is 40.8 Å². The van der Waals surface area contributed by atoms with Crippen LogP contribution >= 0.6 is 0 Å². The molecule has 1 aliphatic carbocycles. The molecule has 214 valence electrons. The fourth-order valence-electron chi connectivity index (χ4n) is 5.17. The van der Waals surface area contributed by atoms with Gasteiger partial charge < -0.3 is 19.4 Å². The highest BCUT2D eigenvalue weighted by molar-refractivity contribution is 7.76. The second kappa shape index (κ2) is 12.3. The topological polar surface area (TPSA) is 136 Å². The maximum Gasteiger partial charge on any atom is 0.310 e. The molecule has 41 heavy (non-hydrogen) atoms. The second-order valence-corrected chi connectivity index (χ2v) is 11.4. The quantitative estimate of drug-likeness (QED) is 0.220. The molecule has 4 aromatic rings. The molecule has 2 aromatic heterocycles. The summed E-state index contributed by atoms with van der Waals surface area (Å²) in [6.45, 7) is 2.15. The molecule has 5 rings (SSSR count). The Morgan fingerprint density at radius 3 is 2.49 bits per heavy atom. The lowest BCUT2D eigenvalue weighted by Gasteiger charge is -2.25. The number of hydrogen-bond donors (Lipinski definition) is 2. The predicted molar refractivity (Wildman–Crippen MR) is 155 cm³/mol. The Bertz CT molecular complexity index is 1580. The van der Waals surface area contributed by atoms with Crippen molar-refractivity contribution in [1.82, 2.24) is 14.6 Å². The third-order valence-electron chi connectivity index (χ3n) is 7.52. The van der Waals surface area contributed by atoms with Crippen LogP contribution in [0.2, 0.25) is 0 Å². The van der Waals surface area contributed by atoms with E-state index in [1.807, 2.05) is 43.3 Å². The largest absolute Gasteiger partial charge is 0.760 e. The Hall–Kier alpha value is -3.86. The molecule has 0 spiro atoms. The molecule has 0 aliphatic heterocycles. The van der Waals surface area contributed by atoms with Crippen LogP contribution in [0.25, 0.3) is 22.4 Å². The van der Waals surface area contributed by atoms with E-state index in [4.69, 9.17) is 9.40 Å². The van der Waals surface area contributed by atoms with Gasteiger partial charge in [0, 0.05) is 30.4 Å². The SMILES string of the molecule is CNC(=O)c1c(-c2ccc(C)cc2)oc2nc(CN(CCCC(C(=O)O)c3ccccc3)S(=O)[O-])c(C3CC3)cc12. The van der Waals surface area contributed by atoms with Crippen LogP contribution in [-0.2, 0) is 22.6 Å². The fourth-order valence-corrected chi connectivity index (χ4v) is 5.68. The van der Waals surface area contributed by atoms with Crippen LogP contribution in [0.4, 0.5) is 0 Å². The number of carbonyl (C=O) groups is 2. The minimum absolute atomic E-state index is 0.0246. The summed E-state index contributed by atoms with van der Waals surface area (Å²) < 4.78 is 31.9. The Morgan fingerprint density at radius 2 is 1.88 bits per heavy atom. The summed E-state index contributed by atoms with van der Waals surface area (Å²) >= 11 is -2.55. The molecular formula is C31H32N3O6S-. The van der Waals surface area contributed by atoms with Crippen molar-refractivity contribution in [2.45, 2.75) is 51.0 Å². The third kappa shape index (κ3) is 6.40. The number of furan rings is 1. The molecule has 2 heterocycles. The highest BCUT2D eigenvalue weighted by Gasteiger charge is 2.31. The molecule has 2 atom stereocenters. The average Bonchev–Trinajstić information content (AvgIpc) is 3.74. The van der Waals surface area contributed by atoms with Crippen LogP contribution in [0.1, 0.15) is 70.3 Å². The predicted octanol–water partition coefficient (Wildman–Crippen LogP) is 5.28. The monoisotopic (exact) mass is 574 g/mol. The van der Waals surface area contributed by atoms with Gasteiger partial charge in [0.15, 0.2) is 0 Å². The number of pyridine rings is 1. The average molecular weight is 575 g/mol. The van der Waals surface area contributed by atoms with Crippen molar-refractivity contribution >= 4 is 34.2 Å². The molecule has 2 N–H and O–H groups in total. The van der Waals surface area contributed by atoms with Gasteiger partial charge >= 0.3 is 5.97 Å².